The van der Waals surface area contributed by atoms with Crippen LogP contribution in [0.3, 0.4) is 0 Å². The smallest absolute Gasteiger partial charge is 0.138 e. The van der Waals surface area contributed by atoms with Crippen LogP contribution in [0.2, 0.25) is 0 Å². The molecule has 0 aliphatic carbocycles. The Bertz CT molecular complexity index is 436. The van der Waals surface area contributed by atoms with Gasteiger partial charge in [0.05, 0.1) is 3.57 Å². The highest BCUT2D eigenvalue weighted by atomic mass is 127. The lowest BCUT2D eigenvalue weighted by Crippen LogP contribution is -1.77. The lowest BCUT2D eigenvalue weighted by atomic mass is 10.2. The number of aromatic hydroxyl groups is 1. The van der Waals surface area contributed by atoms with Crippen molar-refractivity contribution in [3.63, 3.8) is 0 Å². The second kappa shape index (κ2) is 3.08. The fourth-order valence-corrected chi connectivity index (χ4v) is 2.65. The molecular formula is C8H5IOS2. The maximum atomic E-state index is 9.68. The summed E-state index contributed by atoms with van der Waals surface area (Å²) in [5, 5.41) is 12.6. The van der Waals surface area contributed by atoms with E-state index in [2.05, 4.69) is 35.2 Å². The summed E-state index contributed by atoms with van der Waals surface area (Å²) in [6, 6.07) is 3.90. The van der Waals surface area contributed by atoms with Crippen molar-refractivity contribution in [1.29, 1.82) is 0 Å². The lowest BCUT2D eigenvalue weighted by molar-refractivity contribution is 0.476. The van der Waals surface area contributed by atoms with Crippen LogP contribution in [0.25, 0.3) is 10.1 Å². The first-order valence-corrected chi connectivity index (χ1v) is 5.68. The van der Waals surface area contributed by atoms with Gasteiger partial charge in [0.25, 0.3) is 0 Å². The van der Waals surface area contributed by atoms with E-state index in [1.165, 1.54) is 0 Å². The largest absolute Gasteiger partial charge is 0.506 e. The first-order chi connectivity index (χ1) is 5.70. The van der Waals surface area contributed by atoms with E-state index in [1.807, 2.05) is 17.5 Å². The molecule has 0 bridgehead atoms. The quantitative estimate of drug-likeness (QED) is 0.564. The summed E-state index contributed by atoms with van der Waals surface area (Å²) in [4.78, 5) is 0.836. The first-order valence-electron chi connectivity index (χ1n) is 3.28. The molecule has 0 saturated heterocycles. The minimum Gasteiger partial charge on any atom is -0.506 e. The molecular weight excluding hydrogens is 303 g/mol. The van der Waals surface area contributed by atoms with Gasteiger partial charge in [-0.1, -0.05) is 0 Å². The van der Waals surface area contributed by atoms with Gasteiger partial charge >= 0.3 is 0 Å². The Morgan fingerprint density at radius 1 is 1.50 bits per heavy atom. The minimum atomic E-state index is 0.347. The van der Waals surface area contributed by atoms with Gasteiger partial charge in [-0.25, -0.2) is 0 Å². The number of hydrogen-bond acceptors (Lipinski definition) is 3. The van der Waals surface area contributed by atoms with E-state index < -0.39 is 0 Å². The molecule has 1 aromatic carbocycles. The van der Waals surface area contributed by atoms with Crippen LogP contribution >= 0.6 is 46.6 Å². The van der Waals surface area contributed by atoms with Crippen molar-refractivity contribution in [2.24, 2.45) is 0 Å². The monoisotopic (exact) mass is 308 g/mol. The molecule has 0 aliphatic rings. The van der Waals surface area contributed by atoms with E-state index in [9.17, 15) is 5.11 Å². The molecule has 12 heavy (non-hydrogen) atoms. The fraction of sp³-hybridized carbons (Fsp3) is 0. The van der Waals surface area contributed by atoms with Gasteiger partial charge in [-0.3, -0.25) is 0 Å². The summed E-state index contributed by atoms with van der Waals surface area (Å²) in [6.07, 6.45) is 0. The van der Waals surface area contributed by atoms with Crippen molar-refractivity contribution in [1.82, 2.24) is 0 Å². The topological polar surface area (TPSA) is 20.2 Å². The van der Waals surface area contributed by atoms with Gasteiger partial charge in [0.1, 0.15) is 5.75 Å². The van der Waals surface area contributed by atoms with Crippen LogP contribution in [-0.4, -0.2) is 5.11 Å². The third-order valence-corrected chi connectivity index (χ3v) is 4.39. The molecule has 1 nitrogen and oxygen atoms in total. The molecule has 2 aromatic rings. The van der Waals surface area contributed by atoms with Gasteiger partial charge in [0.2, 0.25) is 0 Å². The molecule has 62 valence electrons. The van der Waals surface area contributed by atoms with Gasteiger partial charge in [-0.05, 0) is 40.1 Å². The van der Waals surface area contributed by atoms with Crippen molar-refractivity contribution in [2.45, 2.75) is 4.90 Å². The second-order valence-corrected chi connectivity index (χ2v) is 4.90. The lowest BCUT2D eigenvalue weighted by Gasteiger charge is -2.01. The molecule has 0 saturated carbocycles. The summed E-state index contributed by atoms with van der Waals surface area (Å²) in [7, 11) is 0. The molecule has 1 aromatic heterocycles. The summed E-state index contributed by atoms with van der Waals surface area (Å²) in [5.41, 5.74) is 0. The SMILES string of the molecule is Oc1c(I)c(S)cc2sccc12. The minimum absolute atomic E-state index is 0.347. The van der Waals surface area contributed by atoms with Crippen molar-refractivity contribution >= 4 is 56.6 Å². The van der Waals surface area contributed by atoms with Crippen LogP contribution in [0.1, 0.15) is 0 Å². The highest BCUT2D eigenvalue weighted by molar-refractivity contribution is 14.1. The summed E-state index contributed by atoms with van der Waals surface area (Å²) in [6.45, 7) is 0. The Kier molecular flexibility index (Phi) is 2.22. The van der Waals surface area contributed by atoms with Crippen LogP contribution in [0, 0.1) is 3.57 Å². The predicted octanol–water partition coefficient (Wildman–Crippen LogP) is 3.50. The number of fused-ring (bicyclic) bond motifs is 1. The van der Waals surface area contributed by atoms with E-state index in [1.54, 1.807) is 11.3 Å². The second-order valence-electron chi connectivity index (χ2n) is 2.39. The van der Waals surface area contributed by atoms with Crippen LogP contribution < -0.4 is 0 Å². The molecule has 0 radical (unpaired) electrons. The highest BCUT2D eigenvalue weighted by Crippen LogP contribution is 2.36. The average Bonchev–Trinajstić information content (AvgIpc) is 2.48. The van der Waals surface area contributed by atoms with Crippen LogP contribution in [0.15, 0.2) is 22.4 Å². The highest BCUT2D eigenvalue weighted by Gasteiger charge is 2.08. The zero-order valence-electron chi connectivity index (χ0n) is 5.91. The molecule has 1 heterocycles. The zero-order chi connectivity index (χ0) is 8.72. The third kappa shape index (κ3) is 1.22. The molecule has 2 rings (SSSR count). The zero-order valence-corrected chi connectivity index (χ0v) is 9.78. The predicted molar refractivity (Wildman–Crippen MR) is 63.5 cm³/mol. The van der Waals surface area contributed by atoms with Crippen molar-refractivity contribution in [2.75, 3.05) is 0 Å². The summed E-state index contributed by atoms with van der Waals surface area (Å²) < 4.78 is 1.90. The van der Waals surface area contributed by atoms with Crippen LogP contribution in [-0.2, 0) is 0 Å². The number of thiol groups is 1. The van der Waals surface area contributed by atoms with Crippen LogP contribution in [0.5, 0.6) is 5.75 Å². The van der Waals surface area contributed by atoms with Gasteiger partial charge in [-0.15, -0.1) is 24.0 Å². The molecule has 0 amide bonds. The summed E-state index contributed by atoms with van der Waals surface area (Å²) in [5.74, 6) is 0.347. The maximum absolute atomic E-state index is 9.68. The van der Waals surface area contributed by atoms with Crippen LogP contribution in [0.4, 0.5) is 0 Å². The van der Waals surface area contributed by atoms with Crippen molar-refractivity contribution in [3.05, 3.63) is 21.1 Å². The Hall–Kier alpha value is 0.0600. The number of phenolic OH excluding ortho intramolecular Hbond substituents is 1. The van der Waals surface area contributed by atoms with E-state index in [0.29, 0.717) is 5.75 Å². The normalized spacial score (nSPS) is 10.8. The number of rotatable bonds is 0. The Labute approximate surface area is 93.0 Å². The van der Waals surface area contributed by atoms with Gasteiger partial charge < -0.3 is 5.11 Å². The van der Waals surface area contributed by atoms with E-state index in [4.69, 9.17) is 0 Å². The molecule has 1 N–H and O–H groups in total. The van der Waals surface area contributed by atoms with E-state index in [0.717, 1.165) is 18.6 Å². The summed E-state index contributed by atoms with van der Waals surface area (Å²) >= 11 is 7.96. The number of phenols is 1. The van der Waals surface area contributed by atoms with Crippen molar-refractivity contribution < 1.29 is 5.11 Å². The van der Waals surface area contributed by atoms with E-state index in [-0.39, 0.29) is 0 Å². The standard InChI is InChI=1S/C8H5IOS2/c9-7-5(11)3-6-4(8(7)10)1-2-12-6/h1-3,10-11H. The molecule has 0 fully saturated rings. The number of thiophene rings is 1. The van der Waals surface area contributed by atoms with Crippen molar-refractivity contribution in [3.8, 4) is 5.75 Å². The number of benzene rings is 1. The first kappa shape index (κ1) is 8.65. The van der Waals surface area contributed by atoms with Gasteiger partial charge in [0.15, 0.2) is 0 Å². The molecule has 4 heteroatoms. The number of hydrogen-bond donors (Lipinski definition) is 2. The Balaban J connectivity index is 2.94. The molecule has 0 atom stereocenters. The number of halogens is 1. The Morgan fingerprint density at radius 2 is 2.25 bits per heavy atom. The third-order valence-electron chi connectivity index (χ3n) is 1.65. The molecule has 0 aliphatic heterocycles. The Morgan fingerprint density at radius 3 is 3.00 bits per heavy atom. The fourth-order valence-electron chi connectivity index (χ4n) is 1.06. The maximum Gasteiger partial charge on any atom is 0.138 e. The van der Waals surface area contributed by atoms with Gasteiger partial charge in [0, 0.05) is 15.0 Å². The molecule has 0 spiro atoms. The average molecular weight is 308 g/mol. The molecule has 0 unspecified atom stereocenters. The van der Waals surface area contributed by atoms with E-state index >= 15 is 0 Å². The van der Waals surface area contributed by atoms with Gasteiger partial charge in [-0.2, -0.15) is 0 Å².